The van der Waals surface area contributed by atoms with E-state index in [2.05, 4.69) is 10.1 Å². The molecule has 0 spiro atoms. The van der Waals surface area contributed by atoms with Crippen molar-refractivity contribution in [1.82, 2.24) is 9.29 Å². The van der Waals surface area contributed by atoms with Gasteiger partial charge in [-0.25, -0.2) is 8.42 Å². The zero-order valence-electron chi connectivity index (χ0n) is 10.8. The number of likely N-dealkylation sites (N-methyl/N-ethyl adjacent to an activating group) is 1. The molecule has 2 aromatic rings. The summed E-state index contributed by atoms with van der Waals surface area (Å²) in [5.41, 5.74) is 5.93. The van der Waals surface area contributed by atoms with Gasteiger partial charge in [0.25, 0.3) is 0 Å². The fourth-order valence-corrected chi connectivity index (χ4v) is 3.15. The third kappa shape index (κ3) is 2.56. The molecule has 1 heterocycles. The van der Waals surface area contributed by atoms with Crippen LogP contribution in [0.1, 0.15) is 0 Å². The summed E-state index contributed by atoms with van der Waals surface area (Å²) in [5, 5.41) is 11.8. The first kappa shape index (κ1) is 14.2. The summed E-state index contributed by atoms with van der Waals surface area (Å²) in [6, 6.07) is 8.22. The topological polar surface area (TPSA) is 109 Å². The van der Waals surface area contributed by atoms with Gasteiger partial charge in [0.2, 0.25) is 10.0 Å². The minimum Gasteiger partial charge on any atom is -0.409 e. The van der Waals surface area contributed by atoms with Crippen molar-refractivity contribution < 1.29 is 13.6 Å². The molecule has 0 aliphatic heterocycles. The molecule has 0 bridgehead atoms. The molecule has 0 unspecified atom stereocenters. The summed E-state index contributed by atoms with van der Waals surface area (Å²) in [6.07, 6.45) is 1.60. The summed E-state index contributed by atoms with van der Waals surface area (Å²) in [5.74, 6) is -0.186. The summed E-state index contributed by atoms with van der Waals surface area (Å²) >= 11 is 0. The Morgan fingerprint density at radius 2 is 2.15 bits per heavy atom. The second-order valence-corrected chi connectivity index (χ2v) is 6.19. The smallest absolute Gasteiger partial charge is 0.243 e. The minimum atomic E-state index is -3.75. The number of nitrogens with two attached hydrogens (primary N) is 1. The van der Waals surface area contributed by atoms with Crippen LogP contribution in [0, 0.1) is 0 Å². The van der Waals surface area contributed by atoms with Crippen molar-refractivity contribution in [3.8, 4) is 0 Å². The highest BCUT2D eigenvalue weighted by molar-refractivity contribution is 7.89. The molecule has 0 aliphatic carbocycles. The normalized spacial score (nSPS) is 13.0. The zero-order valence-corrected chi connectivity index (χ0v) is 11.6. The average molecular weight is 294 g/mol. The maximum Gasteiger partial charge on any atom is 0.243 e. The minimum absolute atomic E-state index is 0.135. The molecule has 106 valence electrons. The van der Waals surface area contributed by atoms with E-state index in [0.29, 0.717) is 10.9 Å². The molecule has 0 saturated heterocycles. The van der Waals surface area contributed by atoms with Gasteiger partial charge in [0.15, 0.2) is 5.84 Å². The Hall–Kier alpha value is -2.19. The molecule has 0 radical (unpaired) electrons. The van der Waals surface area contributed by atoms with Gasteiger partial charge < -0.3 is 10.9 Å². The predicted octanol–water partition coefficient (Wildman–Crippen LogP) is 0.602. The summed E-state index contributed by atoms with van der Waals surface area (Å²) in [7, 11) is -2.39. The van der Waals surface area contributed by atoms with E-state index in [9.17, 15) is 8.42 Å². The zero-order chi connectivity index (χ0) is 14.8. The van der Waals surface area contributed by atoms with Crippen LogP contribution in [-0.4, -0.2) is 42.3 Å². The molecule has 1 aromatic carbocycles. The molecule has 3 N–H and O–H groups in total. The molecule has 0 amide bonds. The van der Waals surface area contributed by atoms with Gasteiger partial charge in [0, 0.05) is 18.6 Å². The average Bonchev–Trinajstić information content (AvgIpc) is 2.46. The standard InChI is InChI=1S/C12H14N4O3S/c1-16(8-12(13)15-17)20(18,19)11-6-2-5-10-9(11)4-3-7-14-10/h2-7,17H,8H2,1H3,(H2,13,15). The molecular weight excluding hydrogens is 280 g/mol. The highest BCUT2D eigenvalue weighted by Gasteiger charge is 2.23. The first-order valence-corrected chi connectivity index (χ1v) is 7.17. The molecule has 8 heteroatoms. The fourth-order valence-electron chi connectivity index (χ4n) is 1.81. The molecule has 0 atom stereocenters. The molecule has 0 aliphatic rings. The highest BCUT2D eigenvalue weighted by Crippen LogP contribution is 2.23. The van der Waals surface area contributed by atoms with Crippen molar-refractivity contribution >= 4 is 26.8 Å². The van der Waals surface area contributed by atoms with E-state index < -0.39 is 10.0 Å². The lowest BCUT2D eigenvalue weighted by Gasteiger charge is -2.17. The van der Waals surface area contributed by atoms with E-state index in [1.165, 1.54) is 13.1 Å². The summed E-state index contributed by atoms with van der Waals surface area (Å²) < 4.78 is 26.0. The predicted molar refractivity (Wildman–Crippen MR) is 75.0 cm³/mol. The Bertz CT molecular complexity index is 753. The van der Waals surface area contributed by atoms with Crippen LogP contribution in [0.5, 0.6) is 0 Å². The molecule has 20 heavy (non-hydrogen) atoms. The van der Waals surface area contributed by atoms with Gasteiger partial charge in [-0.3, -0.25) is 4.98 Å². The van der Waals surface area contributed by atoms with E-state index in [0.717, 1.165) is 4.31 Å². The van der Waals surface area contributed by atoms with Crippen molar-refractivity contribution in [2.24, 2.45) is 10.9 Å². The third-order valence-electron chi connectivity index (χ3n) is 2.81. The molecular formula is C12H14N4O3S. The molecule has 2 rings (SSSR count). The first-order valence-electron chi connectivity index (χ1n) is 5.73. The van der Waals surface area contributed by atoms with Gasteiger partial charge in [-0.15, -0.1) is 0 Å². The number of hydrogen-bond acceptors (Lipinski definition) is 5. The first-order chi connectivity index (χ1) is 9.46. The van der Waals surface area contributed by atoms with Crippen LogP contribution in [-0.2, 0) is 10.0 Å². The molecule has 1 aromatic heterocycles. The number of hydrogen-bond donors (Lipinski definition) is 2. The lowest BCUT2D eigenvalue weighted by molar-refractivity contribution is 0.315. The van der Waals surface area contributed by atoms with Crippen molar-refractivity contribution in [3.05, 3.63) is 36.5 Å². The Morgan fingerprint density at radius 3 is 2.85 bits per heavy atom. The monoisotopic (exact) mass is 294 g/mol. The van der Waals surface area contributed by atoms with E-state index in [1.807, 2.05) is 0 Å². The van der Waals surface area contributed by atoms with Crippen LogP contribution in [0.4, 0.5) is 0 Å². The summed E-state index contributed by atoms with van der Waals surface area (Å²) in [6.45, 7) is -0.199. The van der Waals surface area contributed by atoms with Crippen molar-refractivity contribution in [3.63, 3.8) is 0 Å². The number of aromatic nitrogens is 1. The van der Waals surface area contributed by atoms with E-state index in [-0.39, 0.29) is 17.3 Å². The maximum absolute atomic E-state index is 12.5. The van der Waals surface area contributed by atoms with Gasteiger partial charge in [-0.05, 0) is 24.3 Å². The number of sulfonamides is 1. The van der Waals surface area contributed by atoms with Crippen LogP contribution in [0.15, 0.2) is 46.6 Å². The molecule has 0 fully saturated rings. The van der Waals surface area contributed by atoms with Crippen LogP contribution >= 0.6 is 0 Å². The highest BCUT2D eigenvalue weighted by atomic mass is 32.2. The number of benzene rings is 1. The Balaban J connectivity index is 2.52. The van der Waals surface area contributed by atoms with Crippen LogP contribution < -0.4 is 5.73 Å². The number of fused-ring (bicyclic) bond motifs is 1. The van der Waals surface area contributed by atoms with Gasteiger partial charge >= 0.3 is 0 Å². The maximum atomic E-state index is 12.5. The van der Waals surface area contributed by atoms with Gasteiger partial charge in [-0.2, -0.15) is 4.31 Å². The Labute approximate surface area is 116 Å². The lowest BCUT2D eigenvalue weighted by Crippen LogP contribution is -2.35. The van der Waals surface area contributed by atoms with E-state index >= 15 is 0 Å². The van der Waals surface area contributed by atoms with E-state index in [1.54, 1.807) is 30.5 Å². The van der Waals surface area contributed by atoms with Crippen LogP contribution in [0.2, 0.25) is 0 Å². The van der Waals surface area contributed by atoms with E-state index in [4.69, 9.17) is 10.9 Å². The number of rotatable bonds is 4. The number of amidine groups is 1. The number of nitrogens with zero attached hydrogens (tertiary/aromatic N) is 3. The largest absolute Gasteiger partial charge is 0.409 e. The van der Waals surface area contributed by atoms with Gasteiger partial charge in [0.05, 0.1) is 17.0 Å². The second kappa shape index (κ2) is 5.43. The van der Waals surface area contributed by atoms with Crippen molar-refractivity contribution in [2.45, 2.75) is 4.90 Å². The SMILES string of the molecule is CN(C/C(N)=N/O)S(=O)(=O)c1cccc2ncccc12. The van der Waals surface area contributed by atoms with Crippen molar-refractivity contribution in [1.29, 1.82) is 0 Å². The van der Waals surface area contributed by atoms with Crippen LogP contribution in [0.25, 0.3) is 10.9 Å². The Kier molecular flexibility index (Phi) is 3.86. The van der Waals surface area contributed by atoms with Gasteiger partial charge in [0.1, 0.15) is 0 Å². The second-order valence-electron chi connectivity index (χ2n) is 4.18. The van der Waals surface area contributed by atoms with Crippen LogP contribution in [0.3, 0.4) is 0 Å². The number of pyridine rings is 1. The quantitative estimate of drug-likeness (QED) is 0.371. The molecule has 0 saturated carbocycles. The third-order valence-corrected chi connectivity index (χ3v) is 4.67. The molecule has 7 nitrogen and oxygen atoms in total. The lowest BCUT2D eigenvalue weighted by atomic mass is 10.2. The number of oxime groups is 1. The summed E-state index contributed by atoms with van der Waals surface area (Å²) in [4.78, 5) is 4.26. The Morgan fingerprint density at radius 1 is 1.40 bits per heavy atom. The van der Waals surface area contributed by atoms with Gasteiger partial charge in [-0.1, -0.05) is 11.2 Å². The van der Waals surface area contributed by atoms with Crippen molar-refractivity contribution in [2.75, 3.05) is 13.6 Å². The fraction of sp³-hybridized carbons (Fsp3) is 0.167.